The molecule has 0 amide bonds. The van der Waals surface area contributed by atoms with E-state index in [4.69, 9.17) is 19.7 Å². The van der Waals surface area contributed by atoms with Gasteiger partial charge in [0.15, 0.2) is 23.8 Å². The first-order valence-electron chi connectivity index (χ1n) is 9.36. The van der Waals surface area contributed by atoms with Gasteiger partial charge in [0, 0.05) is 7.11 Å². The highest BCUT2D eigenvalue weighted by atomic mass is 31.2. The molecule has 0 spiro atoms. The first kappa shape index (κ1) is 22.3. The van der Waals surface area contributed by atoms with E-state index in [-0.39, 0.29) is 22.5 Å². The van der Waals surface area contributed by atoms with Crippen LogP contribution in [0.25, 0.3) is 11.2 Å². The second kappa shape index (κ2) is 8.90. The summed E-state index contributed by atoms with van der Waals surface area (Å²) < 4.78 is 33.7. The number of carbonyl (C=O) groups is 1. The number of nitrogens with zero attached hydrogens (tertiary/aromatic N) is 4. The highest BCUT2D eigenvalue weighted by Crippen LogP contribution is 2.43. The second-order valence-corrected chi connectivity index (χ2v) is 8.38. The average molecular weight is 465 g/mol. The molecular formula is C18H20N5O8P. The van der Waals surface area contributed by atoms with Crippen LogP contribution in [0.3, 0.4) is 0 Å². The molecule has 1 aliphatic heterocycles. The number of ether oxygens (including phenoxy) is 2. The lowest BCUT2D eigenvalue weighted by Gasteiger charge is -2.22. The fraction of sp³-hybridized carbons (Fsp3) is 0.333. The number of aliphatic hydroxyl groups excluding tert-OH is 1. The number of nitrogens with two attached hydrogens (primary N) is 1. The molecule has 3 aromatic rings. The Morgan fingerprint density at radius 2 is 2.03 bits per heavy atom. The normalized spacial score (nSPS) is 25.0. The van der Waals surface area contributed by atoms with Gasteiger partial charge in [0.05, 0.1) is 18.5 Å². The minimum absolute atomic E-state index is 0.131. The molecular weight excluding hydrogens is 445 g/mol. The number of aliphatic hydroxyl groups is 1. The molecule has 0 aliphatic carbocycles. The van der Waals surface area contributed by atoms with Crippen molar-refractivity contribution in [3.63, 3.8) is 0 Å². The van der Waals surface area contributed by atoms with Crippen LogP contribution in [0.5, 0.6) is 0 Å². The molecule has 5 atom stereocenters. The smallest absolute Gasteiger partial charge is 0.451 e. The maximum Gasteiger partial charge on any atom is 0.472 e. The minimum Gasteiger partial charge on any atom is -0.451 e. The molecule has 3 heterocycles. The third-order valence-electron chi connectivity index (χ3n) is 4.86. The molecule has 170 valence electrons. The van der Waals surface area contributed by atoms with Crippen LogP contribution in [0, 0.1) is 0 Å². The van der Waals surface area contributed by atoms with Gasteiger partial charge in [0.1, 0.15) is 24.1 Å². The molecule has 0 radical (unpaired) electrons. The van der Waals surface area contributed by atoms with Crippen molar-refractivity contribution in [2.45, 2.75) is 24.5 Å². The zero-order valence-electron chi connectivity index (χ0n) is 16.7. The van der Waals surface area contributed by atoms with Crippen LogP contribution in [-0.4, -0.2) is 67.5 Å². The van der Waals surface area contributed by atoms with E-state index >= 15 is 0 Å². The lowest BCUT2D eigenvalue weighted by molar-refractivity contribution is -0.0562. The number of hydrogen-bond acceptors (Lipinski definition) is 11. The van der Waals surface area contributed by atoms with E-state index < -0.39 is 44.9 Å². The summed E-state index contributed by atoms with van der Waals surface area (Å²) in [5.74, 6) is -0.570. The standard InChI is InChI=1S/C18H20N5O8P/c1-28-32(26,27)29-7-11-13(24)14(31-18(25)10-5-3-2-4-6-10)17(30-11)23-9-22-12-15(19)20-8-21-16(12)23/h2-6,8-9,11,13-14,17,24H,7H2,1H3,(H,26,27)(H2,19,20,21)/t11-,13+,14?,17-/m1/s1. The van der Waals surface area contributed by atoms with Crippen LogP contribution in [-0.2, 0) is 23.1 Å². The predicted octanol–water partition coefficient (Wildman–Crippen LogP) is 0.656. The van der Waals surface area contributed by atoms with E-state index in [0.717, 1.165) is 7.11 Å². The Balaban J connectivity index is 1.65. The summed E-state index contributed by atoms with van der Waals surface area (Å²) in [5.41, 5.74) is 6.66. The largest absolute Gasteiger partial charge is 0.472 e. The van der Waals surface area contributed by atoms with Crippen LogP contribution in [0.1, 0.15) is 16.6 Å². The predicted molar refractivity (Wildman–Crippen MR) is 108 cm³/mol. The SMILES string of the molecule is COP(=O)(O)OC[C@H]1O[C@@H](n2cnc3c(N)ncnc32)C(OC(=O)c2ccccc2)[C@H]1O. The van der Waals surface area contributed by atoms with Crippen molar-refractivity contribution in [3.8, 4) is 0 Å². The van der Waals surface area contributed by atoms with Crippen LogP contribution in [0.15, 0.2) is 43.0 Å². The number of nitrogen functional groups attached to an aromatic ring is 1. The molecule has 4 rings (SSSR count). The molecule has 1 aromatic carbocycles. The van der Waals surface area contributed by atoms with Gasteiger partial charge in [-0.05, 0) is 12.1 Å². The first-order chi connectivity index (χ1) is 15.3. The number of fused-ring (bicyclic) bond motifs is 1. The van der Waals surface area contributed by atoms with Crippen molar-refractivity contribution < 1.29 is 37.9 Å². The summed E-state index contributed by atoms with van der Waals surface area (Å²) in [6.07, 6.45) is -2.29. The summed E-state index contributed by atoms with van der Waals surface area (Å²) in [6.45, 7) is -0.511. The van der Waals surface area contributed by atoms with Gasteiger partial charge in [0.25, 0.3) is 0 Å². The van der Waals surface area contributed by atoms with Crippen LogP contribution in [0.4, 0.5) is 5.82 Å². The summed E-state index contributed by atoms with van der Waals surface area (Å²) in [7, 11) is -3.33. The molecule has 32 heavy (non-hydrogen) atoms. The van der Waals surface area contributed by atoms with Crippen molar-refractivity contribution in [1.29, 1.82) is 0 Å². The maximum absolute atomic E-state index is 12.7. The van der Waals surface area contributed by atoms with Gasteiger partial charge in [-0.3, -0.25) is 13.6 Å². The fourth-order valence-electron chi connectivity index (χ4n) is 3.25. The Kier molecular flexibility index (Phi) is 6.20. The van der Waals surface area contributed by atoms with E-state index in [1.54, 1.807) is 30.3 Å². The van der Waals surface area contributed by atoms with E-state index in [0.29, 0.717) is 0 Å². The molecule has 14 heteroatoms. The number of carbonyl (C=O) groups excluding carboxylic acids is 1. The molecule has 1 fully saturated rings. The van der Waals surface area contributed by atoms with E-state index in [1.807, 2.05) is 0 Å². The zero-order chi connectivity index (χ0) is 22.9. The first-order valence-corrected chi connectivity index (χ1v) is 10.9. The van der Waals surface area contributed by atoms with Crippen molar-refractivity contribution in [2.24, 2.45) is 0 Å². The highest BCUT2D eigenvalue weighted by Gasteiger charge is 2.48. The number of hydrogen-bond donors (Lipinski definition) is 3. The third-order valence-corrected chi connectivity index (χ3v) is 5.80. The second-order valence-electron chi connectivity index (χ2n) is 6.82. The van der Waals surface area contributed by atoms with Gasteiger partial charge in [-0.2, -0.15) is 0 Å². The third kappa shape index (κ3) is 4.35. The highest BCUT2D eigenvalue weighted by molar-refractivity contribution is 7.47. The molecule has 2 aromatic heterocycles. The van der Waals surface area contributed by atoms with E-state index in [1.165, 1.54) is 17.2 Å². The van der Waals surface area contributed by atoms with Gasteiger partial charge in [-0.15, -0.1) is 0 Å². The fourth-order valence-corrected chi connectivity index (χ4v) is 3.69. The molecule has 1 saturated heterocycles. The van der Waals surface area contributed by atoms with Gasteiger partial charge >= 0.3 is 13.8 Å². The Morgan fingerprint density at radius 3 is 2.75 bits per heavy atom. The quantitative estimate of drug-likeness (QED) is 0.328. The number of rotatable bonds is 7. The molecule has 0 saturated carbocycles. The monoisotopic (exact) mass is 465 g/mol. The lowest BCUT2D eigenvalue weighted by Crippen LogP contribution is -2.37. The number of phosphoric ester groups is 1. The van der Waals surface area contributed by atoms with Gasteiger partial charge in [0.2, 0.25) is 0 Å². The number of anilines is 1. The Labute approximate surface area is 181 Å². The van der Waals surface area contributed by atoms with E-state index in [2.05, 4.69) is 19.5 Å². The summed E-state index contributed by atoms with van der Waals surface area (Å²) >= 11 is 0. The van der Waals surface area contributed by atoms with Crippen molar-refractivity contribution in [1.82, 2.24) is 19.5 Å². The number of esters is 1. The molecule has 1 aliphatic rings. The van der Waals surface area contributed by atoms with Crippen LogP contribution < -0.4 is 5.73 Å². The Morgan fingerprint density at radius 1 is 1.28 bits per heavy atom. The number of imidazole rings is 1. The molecule has 13 nitrogen and oxygen atoms in total. The van der Waals surface area contributed by atoms with Crippen molar-refractivity contribution >= 4 is 30.8 Å². The lowest BCUT2D eigenvalue weighted by atomic mass is 10.1. The molecule has 4 N–H and O–H groups in total. The van der Waals surface area contributed by atoms with Crippen molar-refractivity contribution in [3.05, 3.63) is 48.5 Å². The van der Waals surface area contributed by atoms with Gasteiger partial charge in [-0.25, -0.2) is 24.3 Å². The topological polar surface area (TPSA) is 181 Å². The minimum atomic E-state index is -4.33. The van der Waals surface area contributed by atoms with Gasteiger partial charge in [-0.1, -0.05) is 18.2 Å². The maximum atomic E-state index is 12.7. The summed E-state index contributed by atoms with van der Waals surface area (Å²) in [6, 6.07) is 8.19. The van der Waals surface area contributed by atoms with Crippen LogP contribution >= 0.6 is 7.82 Å². The van der Waals surface area contributed by atoms with Gasteiger partial charge < -0.3 is 25.2 Å². The average Bonchev–Trinajstić information content (AvgIpc) is 3.35. The van der Waals surface area contributed by atoms with Crippen LogP contribution in [0.2, 0.25) is 0 Å². The summed E-state index contributed by atoms with van der Waals surface area (Å²) in [4.78, 5) is 34.3. The van der Waals surface area contributed by atoms with Crippen molar-refractivity contribution in [2.75, 3.05) is 19.5 Å². The number of phosphoric acid groups is 1. The Hall–Kier alpha value is -2.93. The number of benzene rings is 1. The molecule has 2 unspecified atom stereocenters. The number of aromatic nitrogens is 4. The van der Waals surface area contributed by atoms with E-state index in [9.17, 15) is 19.4 Å². The summed E-state index contributed by atoms with van der Waals surface area (Å²) in [5, 5.41) is 10.8. The zero-order valence-corrected chi connectivity index (χ0v) is 17.6. The Bertz CT molecular complexity index is 1160. The molecule has 0 bridgehead atoms.